The second-order valence-electron chi connectivity index (χ2n) is 6.45. The molecule has 0 aliphatic heterocycles. The Kier molecular flexibility index (Phi) is 7.66. The molecule has 1 aromatic heterocycles. The van der Waals surface area contributed by atoms with E-state index in [9.17, 15) is 0 Å². The van der Waals surface area contributed by atoms with E-state index in [2.05, 4.69) is 70.7 Å². The van der Waals surface area contributed by atoms with E-state index in [1.807, 2.05) is 13.8 Å². The summed E-state index contributed by atoms with van der Waals surface area (Å²) in [7, 11) is 2.13. The summed E-state index contributed by atoms with van der Waals surface area (Å²) >= 11 is 0. The van der Waals surface area contributed by atoms with Crippen LogP contribution in [0.15, 0.2) is 33.7 Å². The highest BCUT2D eigenvalue weighted by molar-refractivity contribution is 5.79. The summed E-state index contributed by atoms with van der Waals surface area (Å²) < 4.78 is 5.61. The van der Waals surface area contributed by atoms with Crippen LogP contribution in [-0.2, 0) is 19.6 Å². The zero-order valence-corrected chi connectivity index (χ0v) is 16.6. The fraction of sp³-hybridized carbons (Fsp3) is 0.500. The molecule has 26 heavy (non-hydrogen) atoms. The van der Waals surface area contributed by atoms with Gasteiger partial charge >= 0.3 is 0 Å². The maximum absolute atomic E-state index is 5.61. The molecular weight excluding hydrogens is 326 g/mol. The standard InChI is InChI=1S/C20H31N5O/c1-6-21-20(23-13-19-24-15(3)16(4)26-19)22-12-17-9-8-10-18(11-17)14-25(5)7-2/h8-11H,6-7,12-14H2,1-5H3,(H2,21,22,23). The van der Waals surface area contributed by atoms with Crippen LogP contribution >= 0.6 is 0 Å². The summed E-state index contributed by atoms with van der Waals surface area (Å²) in [6.07, 6.45) is 0. The van der Waals surface area contributed by atoms with Crippen molar-refractivity contribution in [3.05, 3.63) is 52.7 Å². The predicted molar refractivity (Wildman–Crippen MR) is 106 cm³/mol. The highest BCUT2D eigenvalue weighted by Gasteiger charge is 2.06. The van der Waals surface area contributed by atoms with Crippen LogP contribution in [0.1, 0.15) is 42.3 Å². The quantitative estimate of drug-likeness (QED) is 0.562. The Hall–Kier alpha value is -2.34. The number of nitrogens with one attached hydrogen (secondary N) is 2. The first-order valence-electron chi connectivity index (χ1n) is 9.23. The number of rotatable bonds is 8. The maximum Gasteiger partial charge on any atom is 0.214 e. The fourth-order valence-corrected chi connectivity index (χ4v) is 2.54. The average Bonchev–Trinajstić information content (AvgIpc) is 2.95. The minimum absolute atomic E-state index is 0.516. The van der Waals surface area contributed by atoms with Gasteiger partial charge in [0, 0.05) is 13.1 Å². The first kappa shape index (κ1) is 20.0. The van der Waals surface area contributed by atoms with Gasteiger partial charge in [-0.05, 0) is 45.5 Å². The molecule has 1 heterocycles. The lowest BCUT2D eigenvalue weighted by Gasteiger charge is -2.14. The van der Waals surface area contributed by atoms with Crippen LogP contribution in [0, 0.1) is 13.8 Å². The maximum atomic E-state index is 5.61. The molecule has 2 aromatic rings. The molecule has 2 N–H and O–H groups in total. The van der Waals surface area contributed by atoms with Crippen molar-refractivity contribution in [2.75, 3.05) is 20.1 Å². The molecule has 0 saturated carbocycles. The molecule has 1 aromatic carbocycles. The minimum atomic E-state index is 0.516. The first-order chi connectivity index (χ1) is 12.5. The molecule has 142 valence electrons. The number of aromatic nitrogens is 1. The van der Waals surface area contributed by atoms with Crippen molar-refractivity contribution in [3.63, 3.8) is 0 Å². The molecule has 0 aliphatic carbocycles. The van der Waals surface area contributed by atoms with Crippen molar-refractivity contribution in [1.29, 1.82) is 0 Å². The summed E-state index contributed by atoms with van der Waals surface area (Å²) in [4.78, 5) is 11.4. The van der Waals surface area contributed by atoms with E-state index in [-0.39, 0.29) is 0 Å². The van der Waals surface area contributed by atoms with Crippen molar-refractivity contribution in [1.82, 2.24) is 20.5 Å². The Morgan fingerprint density at radius 1 is 1.19 bits per heavy atom. The summed E-state index contributed by atoms with van der Waals surface area (Å²) in [5.74, 6) is 2.30. The van der Waals surface area contributed by atoms with Gasteiger partial charge < -0.3 is 20.0 Å². The van der Waals surface area contributed by atoms with E-state index in [0.29, 0.717) is 19.0 Å². The molecule has 0 aliphatic rings. The zero-order valence-electron chi connectivity index (χ0n) is 16.6. The van der Waals surface area contributed by atoms with Gasteiger partial charge in [0.25, 0.3) is 0 Å². The number of benzene rings is 1. The molecule has 2 rings (SSSR count). The zero-order chi connectivity index (χ0) is 18.9. The van der Waals surface area contributed by atoms with Gasteiger partial charge in [-0.25, -0.2) is 9.98 Å². The number of nitrogens with zero attached hydrogens (tertiary/aromatic N) is 3. The molecule has 6 heteroatoms. The van der Waals surface area contributed by atoms with Crippen molar-refractivity contribution in [3.8, 4) is 0 Å². The van der Waals surface area contributed by atoms with Crippen LogP contribution in [0.5, 0.6) is 0 Å². The van der Waals surface area contributed by atoms with E-state index in [0.717, 1.165) is 37.0 Å². The van der Waals surface area contributed by atoms with Gasteiger partial charge in [-0.2, -0.15) is 0 Å². The Balaban J connectivity index is 1.98. The van der Waals surface area contributed by atoms with Crippen molar-refractivity contribution in [2.24, 2.45) is 4.99 Å². The molecule has 0 spiro atoms. The van der Waals surface area contributed by atoms with E-state index in [4.69, 9.17) is 4.42 Å². The highest BCUT2D eigenvalue weighted by atomic mass is 16.4. The monoisotopic (exact) mass is 357 g/mol. The summed E-state index contributed by atoms with van der Waals surface area (Å²) in [6.45, 7) is 12.0. The van der Waals surface area contributed by atoms with E-state index >= 15 is 0 Å². The van der Waals surface area contributed by atoms with Gasteiger partial charge in [-0.3, -0.25) is 0 Å². The summed E-state index contributed by atoms with van der Waals surface area (Å²) in [5, 5.41) is 6.54. The highest BCUT2D eigenvalue weighted by Crippen LogP contribution is 2.09. The van der Waals surface area contributed by atoms with Crippen molar-refractivity contribution < 1.29 is 4.42 Å². The SMILES string of the molecule is CCNC(=NCc1cccc(CN(C)CC)c1)NCc1nc(C)c(C)o1. The van der Waals surface area contributed by atoms with Crippen molar-refractivity contribution in [2.45, 2.75) is 47.3 Å². The molecule has 0 unspecified atom stereocenters. The number of guanidine groups is 1. The first-order valence-corrected chi connectivity index (χ1v) is 9.23. The van der Waals surface area contributed by atoms with E-state index in [1.165, 1.54) is 11.1 Å². The largest absolute Gasteiger partial charge is 0.444 e. The molecule has 0 amide bonds. The Bertz CT molecular complexity index is 703. The summed E-state index contributed by atoms with van der Waals surface area (Å²) in [6, 6.07) is 8.60. The minimum Gasteiger partial charge on any atom is -0.444 e. The molecule has 0 bridgehead atoms. The Morgan fingerprint density at radius 2 is 1.96 bits per heavy atom. The third-order valence-corrected chi connectivity index (χ3v) is 4.23. The molecule has 0 fully saturated rings. The average molecular weight is 358 g/mol. The number of aryl methyl sites for hydroxylation is 2. The van der Waals surface area contributed by atoms with Gasteiger partial charge in [0.15, 0.2) is 5.96 Å². The second-order valence-corrected chi connectivity index (χ2v) is 6.45. The molecule has 6 nitrogen and oxygen atoms in total. The van der Waals surface area contributed by atoms with E-state index < -0.39 is 0 Å². The normalized spacial score (nSPS) is 11.8. The number of aliphatic imine (C=N–C) groups is 1. The topological polar surface area (TPSA) is 65.7 Å². The predicted octanol–water partition coefficient (Wildman–Crippen LogP) is 3.00. The van der Waals surface area contributed by atoms with Crippen LogP contribution in [-0.4, -0.2) is 36.0 Å². The Morgan fingerprint density at radius 3 is 2.62 bits per heavy atom. The Labute approximate surface area is 156 Å². The number of hydrogen-bond acceptors (Lipinski definition) is 4. The third-order valence-electron chi connectivity index (χ3n) is 4.23. The molecule has 0 radical (unpaired) electrons. The van der Waals surface area contributed by atoms with Crippen LogP contribution in [0.25, 0.3) is 0 Å². The lowest BCUT2D eigenvalue weighted by molar-refractivity contribution is 0.345. The van der Waals surface area contributed by atoms with Gasteiger partial charge in [-0.15, -0.1) is 0 Å². The van der Waals surface area contributed by atoms with Crippen molar-refractivity contribution >= 4 is 5.96 Å². The second kappa shape index (κ2) is 9.97. The van der Waals surface area contributed by atoms with Crippen LogP contribution in [0.4, 0.5) is 0 Å². The lowest BCUT2D eigenvalue weighted by atomic mass is 10.1. The van der Waals surface area contributed by atoms with Gasteiger partial charge in [0.1, 0.15) is 5.76 Å². The summed E-state index contributed by atoms with van der Waals surface area (Å²) in [5.41, 5.74) is 3.44. The molecular formula is C20H31N5O. The van der Waals surface area contributed by atoms with E-state index in [1.54, 1.807) is 0 Å². The van der Waals surface area contributed by atoms with Crippen LogP contribution < -0.4 is 10.6 Å². The molecule has 0 saturated heterocycles. The number of oxazole rings is 1. The van der Waals surface area contributed by atoms with Gasteiger partial charge in [0.05, 0.1) is 18.8 Å². The molecule has 0 atom stereocenters. The van der Waals surface area contributed by atoms with Crippen LogP contribution in [0.3, 0.4) is 0 Å². The van der Waals surface area contributed by atoms with Crippen LogP contribution in [0.2, 0.25) is 0 Å². The third kappa shape index (κ3) is 6.19. The van der Waals surface area contributed by atoms with Gasteiger partial charge in [0.2, 0.25) is 5.89 Å². The fourth-order valence-electron chi connectivity index (χ4n) is 2.54. The van der Waals surface area contributed by atoms with Gasteiger partial charge in [-0.1, -0.05) is 31.2 Å². The lowest BCUT2D eigenvalue weighted by Crippen LogP contribution is -2.36. The smallest absolute Gasteiger partial charge is 0.214 e. The number of hydrogen-bond donors (Lipinski definition) is 2.